The number of hydrogen-bond donors (Lipinski definition) is 2. The van der Waals surface area contributed by atoms with Gasteiger partial charge in [0.05, 0.1) is 10.6 Å². The Bertz CT molecular complexity index is 963. The molecule has 4 heterocycles. The van der Waals surface area contributed by atoms with Crippen molar-refractivity contribution in [2.45, 2.75) is 12.8 Å². The first-order valence-corrected chi connectivity index (χ1v) is 10.6. The fourth-order valence-corrected chi connectivity index (χ4v) is 4.10. The molecule has 3 aromatic heterocycles. The Kier molecular flexibility index (Phi) is 5.54. The minimum absolute atomic E-state index is 0.0540. The Labute approximate surface area is 174 Å². The van der Waals surface area contributed by atoms with Gasteiger partial charge in [-0.2, -0.15) is 5.10 Å². The molecular formula is C19H18BrN5O2S. The third kappa shape index (κ3) is 4.15. The average molecular weight is 460 g/mol. The Morgan fingerprint density at radius 3 is 2.75 bits per heavy atom. The van der Waals surface area contributed by atoms with Crippen molar-refractivity contribution in [1.29, 1.82) is 0 Å². The van der Waals surface area contributed by atoms with Gasteiger partial charge in [0.25, 0.3) is 5.91 Å². The van der Waals surface area contributed by atoms with E-state index in [2.05, 4.69) is 36.4 Å². The van der Waals surface area contributed by atoms with Gasteiger partial charge in [-0.15, -0.1) is 11.3 Å². The van der Waals surface area contributed by atoms with E-state index in [1.165, 1.54) is 0 Å². The minimum atomic E-state index is -0.129. The van der Waals surface area contributed by atoms with E-state index >= 15 is 0 Å². The van der Waals surface area contributed by atoms with Crippen molar-refractivity contribution in [3.63, 3.8) is 0 Å². The van der Waals surface area contributed by atoms with Crippen LogP contribution in [0.1, 0.15) is 23.3 Å². The molecule has 7 nitrogen and oxygen atoms in total. The first kappa shape index (κ1) is 18.8. The molecule has 0 atom stereocenters. The fourth-order valence-electron chi connectivity index (χ4n) is 3.17. The summed E-state index contributed by atoms with van der Waals surface area (Å²) in [5, 5.41) is 11.9. The van der Waals surface area contributed by atoms with E-state index in [1.807, 2.05) is 23.6 Å². The number of hydrogen-bond acceptors (Lipinski definition) is 5. The molecule has 1 saturated heterocycles. The number of likely N-dealkylation sites (tertiary alicyclic amines) is 1. The highest BCUT2D eigenvalue weighted by molar-refractivity contribution is 9.10. The van der Waals surface area contributed by atoms with E-state index in [0.29, 0.717) is 37.4 Å². The summed E-state index contributed by atoms with van der Waals surface area (Å²) < 4.78 is 0.859. The molecule has 1 aliphatic rings. The molecule has 2 amide bonds. The minimum Gasteiger partial charge on any atom is -0.337 e. The number of halogens is 1. The first-order chi connectivity index (χ1) is 13.6. The molecule has 0 radical (unpaired) electrons. The average Bonchev–Trinajstić information content (AvgIpc) is 3.41. The highest BCUT2D eigenvalue weighted by Gasteiger charge is 2.29. The maximum absolute atomic E-state index is 12.7. The van der Waals surface area contributed by atoms with Crippen LogP contribution in [-0.4, -0.2) is 45.0 Å². The summed E-state index contributed by atoms with van der Waals surface area (Å²) in [6, 6.07) is 9.31. The molecule has 0 bridgehead atoms. The van der Waals surface area contributed by atoms with Crippen LogP contribution in [0, 0.1) is 5.92 Å². The number of aromatic nitrogens is 3. The van der Waals surface area contributed by atoms with Crippen LogP contribution in [0.3, 0.4) is 0 Å². The van der Waals surface area contributed by atoms with Crippen LogP contribution in [-0.2, 0) is 4.79 Å². The smallest absolute Gasteiger partial charge is 0.274 e. The molecule has 144 valence electrons. The van der Waals surface area contributed by atoms with E-state index in [4.69, 9.17) is 0 Å². The van der Waals surface area contributed by atoms with Crippen LogP contribution in [0.15, 0.2) is 46.4 Å². The molecule has 0 aliphatic carbocycles. The molecule has 3 aromatic rings. The van der Waals surface area contributed by atoms with Gasteiger partial charge in [0.1, 0.15) is 5.82 Å². The van der Waals surface area contributed by atoms with Crippen LogP contribution in [0.2, 0.25) is 0 Å². The summed E-state index contributed by atoms with van der Waals surface area (Å²) in [5.41, 5.74) is 1.25. The van der Waals surface area contributed by atoms with Crippen LogP contribution >= 0.6 is 27.3 Å². The maximum atomic E-state index is 12.7. The number of piperidine rings is 1. The number of aromatic amines is 1. The summed E-state index contributed by atoms with van der Waals surface area (Å²) in [6.07, 6.45) is 2.89. The SMILES string of the molecule is O=C(Nc1ccc(Br)cn1)C1CCN(C(=O)c2cc(-c3cccs3)[nH]n2)CC1. The lowest BCUT2D eigenvalue weighted by Crippen LogP contribution is -2.41. The third-order valence-electron chi connectivity index (χ3n) is 4.72. The number of pyridine rings is 1. The number of nitrogens with one attached hydrogen (secondary N) is 2. The standard InChI is InChI=1S/C19H18BrN5O2S/c20-13-3-4-17(21-11-13)22-18(26)12-5-7-25(8-6-12)19(27)15-10-14(23-24-15)16-2-1-9-28-16/h1-4,9-12H,5-8H2,(H,23,24)(H,21,22,26). The zero-order chi connectivity index (χ0) is 19.5. The Balaban J connectivity index is 1.33. The molecule has 0 saturated carbocycles. The normalized spacial score (nSPS) is 14.8. The second-order valence-corrected chi connectivity index (χ2v) is 8.42. The Hall–Kier alpha value is -2.52. The summed E-state index contributed by atoms with van der Waals surface area (Å²) >= 11 is 4.91. The lowest BCUT2D eigenvalue weighted by atomic mass is 9.95. The van der Waals surface area contributed by atoms with Crippen molar-refractivity contribution in [1.82, 2.24) is 20.1 Å². The van der Waals surface area contributed by atoms with Crippen LogP contribution in [0.5, 0.6) is 0 Å². The maximum Gasteiger partial charge on any atom is 0.274 e. The van der Waals surface area contributed by atoms with E-state index in [-0.39, 0.29) is 17.7 Å². The third-order valence-corrected chi connectivity index (χ3v) is 6.09. The summed E-state index contributed by atoms with van der Waals surface area (Å²) in [5.74, 6) is 0.244. The van der Waals surface area contributed by atoms with Gasteiger partial charge in [0.2, 0.25) is 5.91 Å². The number of thiophene rings is 1. The molecule has 0 aromatic carbocycles. The predicted octanol–water partition coefficient (Wildman–Crippen LogP) is 3.79. The van der Waals surface area contributed by atoms with Gasteiger partial charge in [0.15, 0.2) is 5.69 Å². The zero-order valence-corrected chi connectivity index (χ0v) is 17.3. The van der Waals surface area contributed by atoms with Gasteiger partial charge in [-0.05, 0) is 58.4 Å². The molecule has 1 aliphatic heterocycles. The molecule has 0 unspecified atom stereocenters. The fraction of sp³-hybridized carbons (Fsp3) is 0.263. The second kappa shape index (κ2) is 8.24. The molecule has 4 rings (SSSR count). The van der Waals surface area contributed by atoms with E-state index in [0.717, 1.165) is 15.0 Å². The Morgan fingerprint density at radius 2 is 2.07 bits per heavy atom. The molecule has 28 heavy (non-hydrogen) atoms. The summed E-state index contributed by atoms with van der Waals surface area (Å²) in [7, 11) is 0. The van der Waals surface area contributed by atoms with Gasteiger partial charge < -0.3 is 10.2 Å². The monoisotopic (exact) mass is 459 g/mol. The van der Waals surface area contributed by atoms with E-state index in [9.17, 15) is 9.59 Å². The van der Waals surface area contributed by atoms with Crippen molar-refractivity contribution in [2.75, 3.05) is 18.4 Å². The zero-order valence-electron chi connectivity index (χ0n) is 14.9. The van der Waals surface area contributed by atoms with Crippen LogP contribution in [0.4, 0.5) is 5.82 Å². The molecule has 0 spiro atoms. The largest absolute Gasteiger partial charge is 0.337 e. The van der Waals surface area contributed by atoms with Gasteiger partial charge >= 0.3 is 0 Å². The van der Waals surface area contributed by atoms with E-state index < -0.39 is 0 Å². The molecular weight excluding hydrogens is 442 g/mol. The number of rotatable bonds is 4. The topological polar surface area (TPSA) is 91.0 Å². The van der Waals surface area contributed by atoms with Crippen molar-refractivity contribution in [3.8, 4) is 10.6 Å². The number of H-pyrrole nitrogens is 1. The first-order valence-electron chi connectivity index (χ1n) is 8.91. The lowest BCUT2D eigenvalue weighted by molar-refractivity contribution is -0.121. The van der Waals surface area contributed by atoms with Gasteiger partial charge in [-0.3, -0.25) is 14.7 Å². The highest BCUT2D eigenvalue weighted by atomic mass is 79.9. The molecule has 2 N–H and O–H groups in total. The van der Waals surface area contributed by atoms with Crippen LogP contribution < -0.4 is 5.32 Å². The van der Waals surface area contributed by atoms with Crippen LogP contribution in [0.25, 0.3) is 10.6 Å². The number of anilines is 1. The predicted molar refractivity (Wildman–Crippen MR) is 111 cm³/mol. The number of carbonyl (C=O) groups is 2. The summed E-state index contributed by atoms with van der Waals surface area (Å²) in [4.78, 5) is 32.1. The lowest BCUT2D eigenvalue weighted by Gasteiger charge is -2.30. The van der Waals surface area contributed by atoms with Crippen molar-refractivity contribution < 1.29 is 9.59 Å². The van der Waals surface area contributed by atoms with Crippen molar-refractivity contribution >= 4 is 44.9 Å². The second-order valence-electron chi connectivity index (χ2n) is 6.56. The van der Waals surface area contributed by atoms with E-state index in [1.54, 1.807) is 34.6 Å². The van der Waals surface area contributed by atoms with Crippen molar-refractivity contribution in [2.24, 2.45) is 5.92 Å². The van der Waals surface area contributed by atoms with Gasteiger partial charge in [-0.1, -0.05) is 6.07 Å². The van der Waals surface area contributed by atoms with Gasteiger partial charge in [-0.25, -0.2) is 4.98 Å². The molecule has 9 heteroatoms. The summed E-state index contributed by atoms with van der Waals surface area (Å²) in [6.45, 7) is 1.07. The Morgan fingerprint density at radius 1 is 1.25 bits per heavy atom. The molecule has 1 fully saturated rings. The number of amides is 2. The number of nitrogens with zero attached hydrogens (tertiary/aromatic N) is 3. The number of carbonyl (C=O) groups excluding carboxylic acids is 2. The van der Waals surface area contributed by atoms with Crippen molar-refractivity contribution in [3.05, 3.63) is 52.1 Å². The quantitative estimate of drug-likeness (QED) is 0.620. The highest BCUT2D eigenvalue weighted by Crippen LogP contribution is 2.25. The van der Waals surface area contributed by atoms with Gasteiger partial charge in [0, 0.05) is 29.7 Å².